The Balaban J connectivity index is 1.88. The fourth-order valence-corrected chi connectivity index (χ4v) is 2.36. The van der Waals surface area contributed by atoms with E-state index in [-0.39, 0.29) is 24.4 Å². The number of rotatable bonds is 4. The maximum atomic E-state index is 12.9. The van der Waals surface area contributed by atoms with Gasteiger partial charge in [-0.1, -0.05) is 0 Å². The number of hydrogen-bond acceptors (Lipinski definition) is 4. The molecule has 1 saturated heterocycles. The highest BCUT2D eigenvalue weighted by molar-refractivity contribution is 5.69. The molecule has 1 aliphatic rings. The molecule has 0 spiro atoms. The van der Waals surface area contributed by atoms with Crippen LogP contribution in [0.2, 0.25) is 0 Å². The lowest BCUT2D eigenvalue weighted by atomic mass is 10.0. The van der Waals surface area contributed by atoms with E-state index in [1.54, 1.807) is 32.7 Å². The van der Waals surface area contributed by atoms with Crippen LogP contribution in [-0.2, 0) is 10.9 Å². The van der Waals surface area contributed by atoms with E-state index in [0.29, 0.717) is 18.8 Å². The Morgan fingerprint density at radius 2 is 1.88 bits per heavy atom. The maximum Gasteiger partial charge on any atom is 0.416 e. The average molecular weight is 360 g/mol. The van der Waals surface area contributed by atoms with Gasteiger partial charge in [0.25, 0.3) is 0 Å². The minimum Gasteiger partial charge on any atom is -0.493 e. The molecule has 5 nitrogen and oxygen atoms in total. The molecule has 1 aromatic rings. The number of carbonyl (C=O) groups is 1. The van der Waals surface area contributed by atoms with E-state index in [0.717, 1.165) is 12.1 Å². The SMILES string of the molecule is CNc1cc(OCC2CN(C(=O)OC(C)(C)C)C2)cc(C(F)(F)F)c1. The Morgan fingerprint density at radius 3 is 2.40 bits per heavy atom. The van der Waals surface area contributed by atoms with Gasteiger partial charge in [0.05, 0.1) is 12.2 Å². The van der Waals surface area contributed by atoms with Crippen molar-refractivity contribution in [2.45, 2.75) is 32.5 Å². The molecule has 140 valence electrons. The van der Waals surface area contributed by atoms with Gasteiger partial charge in [-0.3, -0.25) is 0 Å². The molecule has 1 aliphatic heterocycles. The number of benzene rings is 1. The number of carbonyl (C=O) groups excluding carboxylic acids is 1. The smallest absolute Gasteiger partial charge is 0.416 e. The fourth-order valence-electron chi connectivity index (χ4n) is 2.36. The molecule has 1 amide bonds. The normalized spacial score (nSPS) is 15.6. The number of amides is 1. The summed E-state index contributed by atoms with van der Waals surface area (Å²) in [6.45, 7) is 6.54. The topological polar surface area (TPSA) is 50.8 Å². The highest BCUT2D eigenvalue weighted by Gasteiger charge is 2.34. The van der Waals surface area contributed by atoms with Gasteiger partial charge < -0.3 is 19.7 Å². The van der Waals surface area contributed by atoms with Crippen LogP contribution in [0.25, 0.3) is 0 Å². The highest BCUT2D eigenvalue weighted by Crippen LogP contribution is 2.34. The van der Waals surface area contributed by atoms with Gasteiger partial charge in [0.15, 0.2) is 0 Å². The fraction of sp³-hybridized carbons (Fsp3) is 0.588. The van der Waals surface area contributed by atoms with Gasteiger partial charge in [-0.25, -0.2) is 4.79 Å². The van der Waals surface area contributed by atoms with Gasteiger partial charge in [0.2, 0.25) is 0 Å². The predicted octanol–water partition coefficient (Wildman–Crippen LogP) is 3.99. The van der Waals surface area contributed by atoms with E-state index in [1.807, 2.05) is 0 Å². The van der Waals surface area contributed by atoms with Crippen LogP contribution in [0, 0.1) is 5.92 Å². The third-order valence-electron chi connectivity index (χ3n) is 3.62. The van der Waals surface area contributed by atoms with E-state index in [9.17, 15) is 18.0 Å². The van der Waals surface area contributed by atoms with E-state index in [2.05, 4.69) is 5.32 Å². The van der Waals surface area contributed by atoms with Crippen molar-refractivity contribution in [3.63, 3.8) is 0 Å². The second-order valence-corrected chi connectivity index (χ2v) is 7.06. The van der Waals surface area contributed by atoms with Gasteiger partial charge in [-0.05, 0) is 32.9 Å². The van der Waals surface area contributed by atoms with E-state index < -0.39 is 17.3 Å². The molecule has 25 heavy (non-hydrogen) atoms. The first-order valence-electron chi connectivity index (χ1n) is 7.98. The summed E-state index contributed by atoms with van der Waals surface area (Å²) in [5.41, 5.74) is -0.993. The standard InChI is InChI=1S/C17H23F3N2O3/c1-16(2,3)25-15(23)22-8-11(9-22)10-24-14-6-12(17(18,19)20)5-13(7-14)21-4/h5-7,11,21H,8-10H2,1-4H3. The van der Waals surface area contributed by atoms with Crippen LogP contribution in [-0.4, -0.2) is 43.3 Å². The second kappa shape index (κ2) is 7.01. The zero-order chi connectivity index (χ0) is 18.8. The van der Waals surface area contributed by atoms with Crippen molar-refractivity contribution < 1.29 is 27.4 Å². The van der Waals surface area contributed by atoms with E-state index in [1.165, 1.54) is 6.07 Å². The van der Waals surface area contributed by atoms with Crippen LogP contribution in [0.4, 0.5) is 23.7 Å². The minimum atomic E-state index is -4.44. The summed E-state index contributed by atoms with van der Waals surface area (Å²) in [5, 5.41) is 2.69. The van der Waals surface area contributed by atoms with E-state index >= 15 is 0 Å². The summed E-state index contributed by atoms with van der Waals surface area (Å²) < 4.78 is 49.4. The summed E-state index contributed by atoms with van der Waals surface area (Å²) in [4.78, 5) is 13.4. The molecule has 1 fully saturated rings. The molecule has 2 rings (SSSR count). The van der Waals surface area contributed by atoms with Crippen LogP contribution in [0.5, 0.6) is 5.75 Å². The third-order valence-corrected chi connectivity index (χ3v) is 3.62. The lowest BCUT2D eigenvalue weighted by Crippen LogP contribution is -2.53. The van der Waals surface area contributed by atoms with Gasteiger partial charge in [-0.2, -0.15) is 13.2 Å². The number of likely N-dealkylation sites (tertiary alicyclic amines) is 1. The molecule has 1 N–H and O–H groups in total. The molecule has 0 radical (unpaired) electrons. The Hall–Kier alpha value is -2.12. The highest BCUT2D eigenvalue weighted by atomic mass is 19.4. The quantitative estimate of drug-likeness (QED) is 0.882. The maximum absolute atomic E-state index is 12.9. The van der Waals surface area contributed by atoms with Crippen LogP contribution >= 0.6 is 0 Å². The zero-order valence-corrected chi connectivity index (χ0v) is 14.7. The molecular weight excluding hydrogens is 337 g/mol. The number of hydrogen-bond donors (Lipinski definition) is 1. The van der Waals surface area contributed by atoms with Crippen LogP contribution in [0.1, 0.15) is 26.3 Å². The Morgan fingerprint density at radius 1 is 1.24 bits per heavy atom. The first-order valence-corrected chi connectivity index (χ1v) is 7.98. The molecule has 0 saturated carbocycles. The number of nitrogens with one attached hydrogen (secondary N) is 1. The lowest BCUT2D eigenvalue weighted by Gasteiger charge is -2.39. The van der Waals surface area contributed by atoms with Crippen molar-refractivity contribution in [3.8, 4) is 5.75 Å². The molecule has 8 heteroatoms. The van der Waals surface area contributed by atoms with Gasteiger partial charge in [0.1, 0.15) is 11.4 Å². The molecule has 0 aromatic heterocycles. The number of ether oxygens (including phenoxy) is 2. The summed E-state index contributed by atoms with van der Waals surface area (Å²) in [6, 6.07) is 3.52. The van der Waals surface area contributed by atoms with Crippen molar-refractivity contribution in [1.29, 1.82) is 0 Å². The van der Waals surface area contributed by atoms with Crippen LogP contribution in [0.3, 0.4) is 0 Å². The third kappa shape index (κ3) is 5.44. The van der Waals surface area contributed by atoms with Gasteiger partial charge in [-0.15, -0.1) is 0 Å². The van der Waals surface area contributed by atoms with Gasteiger partial charge >= 0.3 is 12.3 Å². The first kappa shape index (κ1) is 19.2. The summed E-state index contributed by atoms with van der Waals surface area (Å²) >= 11 is 0. The molecule has 0 unspecified atom stereocenters. The van der Waals surface area contributed by atoms with Crippen molar-refractivity contribution in [1.82, 2.24) is 4.90 Å². The second-order valence-electron chi connectivity index (χ2n) is 7.06. The lowest BCUT2D eigenvalue weighted by molar-refractivity contribution is -0.137. The number of alkyl halides is 3. The Bertz CT molecular complexity index is 621. The predicted molar refractivity (Wildman–Crippen MR) is 87.8 cm³/mol. The molecule has 0 atom stereocenters. The number of nitrogens with zero attached hydrogens (tertiary/aromatic N) is 1. The molecule has 1 aromatic carbocycles. The van der Waals surface area contributed by atoms with Crippen LogP contribution < -0.4 is 10.1 Å². The summed E-state index contributed by atoms with van der Waals surface area (Å²) in [5.74, 6) is 0.218. The Labute approximate surface area is 145 Å². The monoisotopic (exact) mass is 360 g/mol. The van der Waals surface area contributed by atoms with Gasteiger partial charge in [0, 0.05) is 37.8 Å². The summed E-state index contributed by atoms with van der Waals surface area (Å²) in [7, 11) is 1.55. The Kier molecular flexibility index (Phi) is 5.39. The first-order chi connectivity index (χ1) is 11.5. The average Bonchev–Trinajstić information content (AvgIpc) is 2.42. The van der Waals surface area contributed by atoms with Crippen molar-refractivity contribution in [3.05, 3.63) is 23.8 Å². The summed E-state index contributed by atoms with van der Waals surface area (Å²) in [6.07, 6.45) is -4.82. The van der Waals surface area contributed by atoms with Crippen molar-refractivity contribution in [2.75, 3.05) is 32.1 Å². The number of anilines is 1. The van der Waals surface area contributed by atoms with Crippen LogP contribution in [0.15, 0.2) is 18.2 Å². The molecule has 1 heterocycles. The molecule has 0 bridgehead atoms. The minimum absolute atomic E-state index is 0.0695. The number of halogens is 3. The van der Waals surface area contributed by atoms with E-state index in [4.69, 9.17) is 9.47 Å². The molecular formula is C17H23F3N2O3. The largest absolute Gasteiger partial charge is 0.493 e. The van der Waals surface area contributed by atoms with Crippen molar-refractivity contribution in [2.24, 2.45) is 5.92 Å². The molecule has 0 aliphatic carbocycles. The zero-order valence-electron chi connectivity index (χ0n) is 14.7. The van der Waals surface area contributed by atoms with Crippen molar-refractivity contribution >= 4 is 11.8 Å².